The van der Waals surface area contributed by atoms with E-state index in [-0.39, 0.29) is 23.1 Å². The average molecular weight is 489 g/mol. The van der Waals surface area contributed by atoms with E-state index in [0.29, 0.717) is 28.6 Å². The van der Waals surface area contributed by atoms with Gasteiger partial charge in [-0.1, -0.05) is 18.2 Å². The van der Waals surface area contributed by atoms with Crippen molar-refractivity contribution in [2.45, 2.75) is 11.8 Å². The highest BCUT2D eigenvalue weighted by Gasteiger charge is 2.17. The van der Waals surface area contributed by atoms with E-state index in [4.69, 9.17) is 9.47 Å². The molecule has 0 saturated heterocycles. The van der Waals surface area contributed by atoms with E-state index in [1.54, 1.807) is 36.4 Å². The summed E-state index contributed by atoms with van der Waals surface area (Å²) in [6, 6.07) is 12.5. The number of rotatable bonds is 8. The van der Waals surface area contributed by atoms with Crippen molar-refractivity contribution in [1.29, 1.82) is 5.26 Å². The molecule has 1 heterocycles. The third-order valence-corrected chi connectivity index (χ3v) is 5.72. The minimum absolute atomic E-state index is 0.0521. The van der Waals surface area contributed by atoms with Gasteiger partial charge in [0, 0.05) is 17.8 Å². The van der Waals surface area contributed by atoms with Crippen LogP contribution in [0.2, 0.25) is 0 Å². The van der Waals surface area contributed by atoms with Gasteiger partial charge in [0.2, 0.25) is 15.0 Å². The molecule has 2 aromatic carbocycles. The maximum absolute atomic E-state index is 13.0. The third-order valence-electron chi connectivity index (χ3n) is 4.13. The molecule has 12 heteroatoms. The van der Waals surface area contributed by atoms with Crippen molar-refractivity contribution < 1.29 is 27.1 Å². The number of ether oxygens (including phenoxy) is 2. The van der Waals surface area contributed by atoms with Crippen LogP contribution in [0, 0.1) is 17.1 Å². The highest BCUT2D eigenvalue weighted by Crippen LogP contribution is 2.30. The Morgan fingerprint density at radius 2 is 1.97 bits per heavy atom. The Bertz CT molecular complexity index is 1350. The monoisotopic (exact) mass is 488 g/mol. The van der Waals surface area contributed by atoms with Crippen molar-refractivity contribution in [2.75, 3.05) is 18.7 Å². The highest BCUT2D eigenvalue weighted by atomic mass is 32.2. The number of hydrogen-bond donors (Lipinski definition) is 1. The molecular formula is C21H17FN4O5S2. The predicted octanol–water partition coefficient (Wildman–Crippen LogP) is 3.21. The fraction of sp³-hybridized carbons (Fsp3) is 0.143. The van der Waals surface area contributed by atoms with Crippen molar-refractivity contribution >= 4 is 38.5 Å². The molecule has 9 nitrogen and oxygen atoms in total. The van der Waals surface area contributed by atoms with Gasteiger partial charge >= 0.3 is 0 Å². The fourth-order valence-corrected chi connectivity index (χ4v) is 3.97. The lowest BCUT2D eigenvalue weighted by atomic mass is 10.1. The largest absolute Gasteiger partial charge is 0.493 e. The SMILES string of the molecule is COc1cc(C=C(C#N)C(=O)Nc2nc(S(C)(=O)=O)ns2)ccc1OCc1ccc(F)cc1. The molecule has 170 valence electrons. The lowest BCUT2D eigenvalue weighted by molar-refractivity contribution is -0.112. The summed E-state index contributed by atoms with van der Waals surface area (Å²) in [4.78, 5) is 16.1. The van der Waals surface area contributed by atoms with Crippen LogP contribution in [0.1, 0.15) is 11.1 Å². The number of hydrogen-bond acceptors (Lipinski definition) is 9. The van der Waals surface area contributed by atoms with Crippen LogP contribution in [0.25, 0.3) is 6.08 Å². The molecule has 0 unspecified atom stereocenters. The van der Waals surface area contributed by atoms with Gasteiger partial charge in [-0.3, -0.25) is 10.1 Å². The topological polar surface area (TPSA) is 131 Å². The van der Waals surface area contributed by atoms with Crippen molar-refractivity contribution in [3.05, 3.63) is 65.0 Å². The molecule has 0 fully saturated rings. The van der Waals surface area contributed by atoms with E-state index in [1.807, 2.05) is 0 Å². The van der Waals surface area contributed by atoms with Crippen molar-refractivity contribution in [2.24, 2.45) is 0 Å². The second-order valence-corrected chi connectivity index (χ2v) is 9.26. The molecule has 0 aliphatic heterocycles. The molecule has 33 heavy (non-hydrogen) atoms. The summed E-state index contributed by atoms with van der Waals surface area (Å²) in [6.45, 7) is 0.189. The zero-order valence-electron chi connectivity index (χ0n) is 17.4. The molecule has 0 spiro atoms. The second kappa shape index (κ2) is 10.2. The summed E-state index contributed by atoms with van der Waals surface area (Å²) in [5.74, 6) is -0.328. The van der Waals surface area contributed by atoms with Gasteiger partial charge in [0.15, 0.2) is 11.5 Å². The Morgan fingerprint density at radius 1 is 1.24 bits per heavy atom. The van der Waals surface area contributed by atoms with Crippen LogP contribution in [-0.2, 0) is 21.2 Å². The minimum Gasteiger partial charge on any atom is -0.493 e. The molecule has 0 saturated carbocycles. The number of carbonyl (C=O) groups excluding carboxylic acids is 1. The summed E-state index contributed by atoms with van der Waals surface area (Å²) in [7, 11) is -2.17. The second-order valence-electron chi connectivity index (χ2n) is 6.60. The number of sulfone groups is 1. The molecule has 3 aromatic rings. The van der Waals surface area contributed by atoms with Crippen LogP contribution in [-0.4, -0.2) is 37.0 Å². The van der Waals surface area contributed by atoms with E-state index < -0.39 is 20.9 Å². The molecule has 0 radical (unpaired) electrons. The van der Waals surface area contributed by atoms with Gasteiger partial charge in [0.1, 0.15) is 24.1 Å². The number of nitriles is 1. The summed E-state index contributed by atoms with van der Waals surface area (Å²) < 4.78 is 50.7. The minimum atomic E-state index is -3.61. The molecule has 0 aliphatic carbocycles. The van der Waals surface area contributed by atoms with Gasteiger partial charge in [0.25, 0.3) is 11.1 Å². The van der Waals surface area contributed by atoms with Gasteiger partial charge in [-0.15, -0.1) is 0 Å². The van der Waals surface area contributed by atoms with Crippen LogP contribution in [0.5, 0.6) is 11.5 Å². The van der Waals surface area contributed by atoms with Gasteiger partial charge in [-0.25, -0.2) is 12.8 Å². The highest BCUT2D eigenvalue weighted by molar-refractivity contribution is 7.90. The number of benzene rings is 2. The summed E-state index contributed by atoms with van der Waals surface area (Å²) in [5.41, 5.74) is 1.01. The number of amides is 1. The summed E-state index contributed by atoms with van der Waals surface area (Å²) in [5, 5.41) is 11.3. The Hall–Kier alpha value is -3.82. The fourth-order valence-electron chi connectivity index (χ4n) is 2.53. The number of aromatic nitrogens is 2. The van der Waals surface area contributed by atoms with Gasteiger partial charge in [-0.05, 0) is 41.5 Å². The molecule has 3 rings (SSSR count). The first-order chi connectivity index (χ1) is 15.7. The quantitative estimate of drug-likeness (QED) is 0.378. The van der Waals surface area contributed by atoms with Crippen molar-refractivity contribution in [3.63, 3.8) is 0 Å². The number of methoxy groups -OCH3 is 1. The normalized spacial score (nSPS) is 11.5. The van der Waals surface area contributed by atoms with Gasteiger partial charge in [-0.2, -0.15) is 14.6 Å². The lowest BCUT2D eigenvalue weighted by Gasteiger charge is -2.11. The molecule has 1 N–H and O–H groups in total. The van der Waals surface area contributed by atoms with E-state index in [1.165, 1.54) is 25.3 Å². The molecule has 0 bridgehead atoms. The number of halogens is 1. The van der Waals surface area contributed by atoms with Crippen LogP contribution in [0.3, 0.4) is 0 Å². The van der Waals surface area contributed by atoms with Crippen molar-refractivity contribution in [3.8, 4) is 17.6 Å². The Kier molecular flexibility index (Phi) is 7.37. The Labute approximate surface area is 193 Å². The van der Waals surface area contributed by atoms with E-state index >= 15 is 0 Å². The van der Waals surface area contributed by atoms with Crippen LogP contribution < -0.4 is 14.8 Å². The third kappa shape index (κ3) is 6.34. The number of nitrogens with zero attached hydrogens (tertiary/aromatic N) is 3. The van der Waals surface area contributed by atoms with Crippen LogP contribution in [0.15, 0.2) is 53.2 Å². The van der Waals surface area contributed by atoms with Crippen molar-refractivity contribution in [1.82, 2.24) is 9.36 Å². The van der Waals surface area contributed by atoms with Gasteiger partial charge in [0.05, 0.1) is 7.11 Å². The number of nitrogens with one attached hydrogen (secondary N) is 1. The van der Waals surface area contributed by atoms with E-state index in [2.05, 4.69) is 14.7 Å². The standard InChI is InChI=1S/C21H17FN4O5S2/c1-30-18-10-14(5-8-17(18)31-12-13-3-6-16(22)7-4-13)9-15(11-23)19(27)24-20-25-21(26-32-20)33(2,28)29/h3-10H,12H2,1-2H3,(H,24,25,26,27). The maximum atomic E-state index is 13.0. The van der Waals surface area contributed by atoms with Gasteiger partial charge < -0.3 is 9.47 Å². The predicted molar refractivity (Wildman–Crippen MR) is 119 cm³/mol. The van der Waals surface area contributed by atoms with Crippen LogP contribution >= 0.6 is 11.5 Å². The number of carbonyl (C=O) groups is 1. The lowest BCUT2D eigenvalue weighted by Crippen LogP contribution is -2.13. The van der Waals surface area contributed by atoms with Crippen LogP contribution in [0.4, 0.5) is 9.52 Å². The summed E-state index contributed by atoms with van der Waals surface area (Å²) in [6.07, 6.45) is 2.28. The zero-order valence-corrected chi connectivity index (χ0v) is 19.0. The average Bonchev–Trinajstić information content (AvgIpc) is 3.26. The Balaban J connectivity index is 1.74. The molecular weight excluding hydrogens is 471 g/mol. The van der Waals surface area contributed by atoms with E-state index in [9.17, 15) is 22.9 Å². The first-order valence-corrected chi connectivity index (χ1v) is 11.9. The first kappa shape index (κ1) is 23.8. The first-order valence-electron chi connectivity index (χ1n) is 9.22. The zero-order chi connectivity index (χ0) is 24.0. The molecule has 0 atom stereocenters. The summed E-state index contributed by atoms with van der Waals surface area (Å²) >= 11 is 0.685. The van der Waals surface area contributed by atoms with E-state index in [0.717, 1.165) is 11.8 Å². The molecule has 1 amide bonds. The number of anilines is 1. The molecule has 0 aliphatic rings. The smallest absolute Gasteiger partial charge is 0.268 e. The maximum Gasteiger partial charge on any atom is 0.268 e. The Morgan fingerprint density at radius 3 is 2.58 bits per heavy atom. The molecule has 1 aromatic heterocycles.